The van der Waals surface area contributed by atoms with Crippen molar-refractivity contribution in [2.24, 2.45) is 4.99 Å². The molecule has 1 saturated heterocycles. The fraction of sp³-hybridized carbons (Fsp3) is 0.385. The van der Waals surface area contributed by atoms with Crippen molar-refractivity contribution < 1.29 is 19.4 Å². The lowest BCUT2D eigenvalue weighted by Gasteiger charge is -2.40. The van der Waals surface area contributed by atoms with Crippen molar-refractivity contribution >= 4 is 17.4 Å². The number of rotatable bonds is 6. The first-order chi connectivity index (χ1) is 16.0. The number of hydrogen-bond acceptors (Lipinski definition) is 7. The first-order valence-electron chi connectivity index (χ1n) is 11.1. The minimum Gasteiger partial charge on any atom is -0.388 e. The largest absolute Gasteiger partial charge is 0.388 e. The highest BCUT2D eigenvalue weighted by Crippen LogP contribution is 2.34. The number of aliphatic hydroxyl groups is 1. The first kappa shape index (κ1) is 22.9. The highest BCUT2D eigenvalue weighted by molar-refractivity contribution is 6.38. The molecule has 2 heterocycles. The van der Waals surface area contributed by atoms with Gasteiger partial charge >= 0.3 is 0 Å². The number of allylic oxidation sites excluding steroid dienone is 4. The summed E-state index contributed by atoms with van der Waals surface area (Å²) in [6, 6.07) is 9.95. The Balaban J connectivity index is 1.53. The van der Waals surface area contributed by atoms with E-state index in [-0.39, 0.29) is 36.5 Å². The quantitative estimate of drug-likeness (QED) is 0.675. The summed E-state index contributed by atoms with van der Waals surface area (Å²) < 4.78 is 5.28. The van der Waals surface area contributed by atoms with E-state index >= 15 is 0 Å². The number of ketones is 2. The number of Topliss-reactive ketones (excluding diaryl/α,β-unsaturated/α-hetero) is 2. The van der Waals surface area contributed by atoms with E-state index in [1.807, 2.05) is 42.3 Å². The molecule has 4 rings (SSSR count). The Bertz CT molecular complexity index is 1050. The molecule has 2 aliphatic heterocycles. The summed E-state index contributed by atoms with van der Waals surface area (Å²) in [6.45, 7) is 0.0411. The maximum absolute atomic E-state index is 12.3. The lowest BCUT2D eigenvalue weighted by molar-refractivity contribution is -0.141. The molecule has 4 unspecified atom stereocenters. The van der Waals surface area contributed by atoms with E-state index in [0.717, 1.165) is 12.1 Å². The highest BCUT2D eigenvalue weighted by Gasteiger charge is 2.36. The number of ether oxygens (including phenoxy) is 1. The van der Waals surface area contributed by atoms with Crippen LogP contribution in [0, 0.1) is 0 Å². The van der Waals surface area contributed by atoms with Gasteiger partial charge < -0.3 is 19.6 Å². The van der Waals surface area contributed by atoms with Crippen LogP contribution in [-0.4, -0.2) is 71.5 Å². The standard InChI is InChI=1S/C26H29N3O4/c1-28-16-20(11-12-27-26(28)33-2)23(30)14-22-15-24(31)25(32)17-29(22)21-10-6-9-19(13-21)18-7-4-3-5-8-18/h3-11,16,19,22-23,26,30H,13-15,17H2,1-2H3. The van der Waals surface area contributed by atoms with Crippen molar-refractivity contribution in [3.05, 3.63) is 77.7 Å². The monoisotopic (exact) mass is 447 g/mol. The summed E-state index contributed by atoms with van der Waals surface area (Å²) in [5.74, 6) is 2.26. The second-order valence-electron chi connectivity index (χ2n) is 8.61. The summed E-state index contributed by atoms with van der Waals surface area (Å²) in [7, 11) is 3.36. The minimum absolute atomic E-state index is 0.0411. The third kappa shape index (κ3) is 5.22. The van der Waals surface area contributed by atoms with Crippen LogP contribution < -0.4 is 0 Å². The van der Waals surface area contributed by atoms with Gasteiger partial charge in [-0.1, -0.05) is 42.5 Å². The maximum atomic E-state index is 12.3. The molecule has 0 bridgehead atoms. The molecule has 33 heavy (non-hydrogen) atoms. The fourth-order valence-corrected chi connectivity index (χ4v) is 4.56. The van der Waals surface area contributed by atoms with E-state index in [1.165, 1.54) is 5.56 Å². The van der Waals surface area contributed by atoms with Gasteiger partial charge in [-0.05, 0) is 30.4 Å². The predicted molar refractivity (Wildman–Crippen MR) is 125 cm³/mol. The Morgan fingerprint density at radius 1 is 1.21 bits per heavy atom. The Kier molecular flexibility index (Phi) is 7.04. The number of likely N-dealkylation sites (tertiary alicyclic amines) is 1. The molecule has 1 aromatic rings. The third-order valence-corrected chi connectivity index (χ3v) is 6.35. The molecular weight excluding hydrogens is 418 g/mol. The first-order valence-corrected chi connectivity index (χ1v) is 11.1. The van der Waals surface area contributed by atoms with Crippen LogP contribution in [0.5, 0.6) is 0 Å². The molecule has 0 radical (unpaired) electrons. The smallest absolute Gasteiger partial charge is 0.235 e. The van der Waals surface area contributed by atoms with E-state index in [0.29, 0.717) is 12.0 Å². The van der Waals surface area contributed by atoms with E-state index in [2.05, 4.69) is 29.1 Å². The number of aliphatic imine (C=N–C) groups is 1. The Labute approximate surface area is 194 Å². The number of benzene rings is 1. The van der Waals surface area contributed by atoms with E-state index in [4.69, 9.17) is 4.74 Å². The Morgan fingerprint density at radius 2 is 2.00 bits per heavy atom. The topological polar surface area (TPSA) is 82.4 Å². The average molecular weight is 448 g/mol. The van der Waals surface area contributed by atoms with Gasteiger partial charge in [0.05, 0.1) is 12.6 Å². The van der Waals surface area contributed by atoms with Gasteiger partial charge in [0.25, 0.3) is 0 Å². The minimum atomic E-state index is -0.844. The van der Waals surface area contributed by atoms with E-state index < -0.39 is 12.5 Å². The van der Waals surface area contributed by atoms with Crippen LogP contribution in [0.1, 0.15) is 30.7 Å². The summed E-state index contributed by atoms with van der Waals surface area (Å²) in [6.07, 6.45) is 9.37. The predicted octanol–water partition coefficient (Wildman–Crippen LogP) is 2.56. The summed E-state index contributed by atoms with van der Waals surface area (Å²) in [5.41, 5.74) is 2.84. The number of methoxy groups -OCH3 is 1. The molecule has 0 saturated carbocycles. The molecule has 1 aromatic carbocycles. The number of carbonyl (C=O) groups excluding carboxylic acids is 2. The number of piperidine rings is 1. The zero-order valence-electron chi connectivity index (χ0n) is 18.9. The molecule has 7 heteroatoms. The molecule has 1 aliphatic carbocycles. The molecule has 3 aliphatic rings. The van der Waals surface area contributed by atoms with E-state index in [1.54, 1.807) is 24.3 Å². The van der Waals surface area contributed by atoms with E-state index in [9.17, 15) is 14.7 Å². The van der Waals surface area contributed by atoms with Crippen LogP contribution in [0.25, 0.3) is 0 Å². The van der Waals surface area contributed by atoms with Gasteiger partial charge in [-0.3, -0.25) is 9.59 Å². The van der Waals surface area contributed by atoms with Crippen LogP contribution in [0.15, 0.2) is 77.1 Å². The molecule has 1 fully saturated rings. The fourth-order valence-electron chi connectivity index (χ4n) is 4.56. The molecule has 4 atom stereocenters. The summed E-state index contributed by atoms with van der Waals surface area (Å²) >= 11 is 0. The molecule has 1 N–H and O–H groups in total. The van der Waals surface area contributed by atoms with Crippen LogP contribution in [0.4, 0.5) is 0 Å². The SMILES string of the molecule is COC1N=C=CC(C(O)CC2CC(=O)C(=O)CN2C2=CC=CC(c3ccccc3)C2)=CN1C. The summed E-state index contributed by atoms with van der Waals surface area (Å²) in [4.78, 5) is 32.5. The molecule has 0 amide bonds. The molecular formula is C26H29N3O4. The van der Waals surface area contributed by atoms with Crippen molar-refractivity contribution in [1.82, 2.24) is 9.80 Å². The third-order valence-electron chi connectivity index (χ3n) is 6.35. The van der Waals surface area contributed by atoms with Crippen LogP contribution in [0.2, 0.25) is 0 Å². The molecule has 172 valence electrons. The second kappa shape index (κ2) is 10.1. The van der Waals surface area contributed by atoms with Crippen LogP contribution >= 0.6 is 0 Å². The van der Waals surface area contributed by atoms with Crippen LogP contribution in [-0.2, 0) is 14.3 Å². The lowest BCUT2D eigenvalue weighted by Crippen LogP contribution is -2.49. The van der Waals surface area contributed by atoms with Crippen molar-refractivity contribution in [3.8, 4) is 0 Å². The van der Waals surface area contributed by atoms with Gasteiger partial charge in [-0.15, -0.1) is 0 Å². The normalized spacial score (nSPS) is 26.2. The highest BCUT2D eigenvalue weighted by atomic mass is 16.5. The maximum Gasteiger partial charge on any atom is 0.235 e. The Morgan fingerprint density at radius 3 is 2.76 bits per heavy atom. The van der Waals surface area contributed by atoms with Gasteiger partial charge in [0.15, 0.2) is 0 Å². The second-order valence-corrected chi connectivity index (χ2v) is 8.61. The Hall–Kier alpha value is -3.25. The molecule has 7 nitrogen and oxygen atoms in total. The lowest BCUT2D eigenvalue weighted by atomic mass is 9.87. The summed E-state index contributed by atoms with van der Waals surface area (Å²) in [5, 5.41) is 11.0. The van der Waals surface area contributed by atoms with Crippen molar-refractivity contribution in [1.29, 1.82) is 0 Å². The molecule has 0 spiro atoms. The van der Waals surface area contributed by atoms with Crippen molar-refractivity contribution in [2.75, 3.05) is 20.7 Å². The number of nitrogens with zero attached hydrogens (tertiary/aromatic N) is 3. The molecule has 0 aromatic heterocycles. The number of aliphatic hydroxyl groups excluding tert-OH is 1. The van der Waals surface area contributed by atoms with Gasteiger partial charge in [0, 0.05) is 56.1 Å². The van der Waals surface area contributed by atoms with Crippen molar-refractivity contribution in [2.45, 2.75) is 43.7 Å². The van der Waals surface area contributed by atoms with Gasteiger partial charge in [0.2, 0.25) is 17.9 Å². The zero-order chi connectivity index (χ0) is 23.4. The van der Waals surface area contributed by atoms with Crippen molar-refractivity contribution in [3.63, 3.8) is 0 Å². The average Bonchev–Trinajstić information content (AvgIpc) is 3.03. The van der Waals surface area contributed by atoms with Gasteiger partial charge in [0.1, 0.15) is 0 Å². The van der Waals surface area contributed by atoms with Gasteiger partial charge in [-0.2, -0.15) is 4.99 Å². The number of hydrogen-bond donors (Lipinski definition) is 1. The van der Waals surface area contributed by atoms with Gasteiger partial charge in [-0.25, -0.2) is 0 Å². The zero-order valence-corrected chi connectivity index (χ0v) is 18.9. The number of carbonyl (C=O) groups is 2. The van der Waals surface area contributed by atoms with Crippen LogP contribution in [0.3, 0.4) is 0 Å².